The first-order chi connectivity index (χ1) is 12.8. The quantitative estimate of drug-likeness (QED) is 0.496. The third kappa shape index (κ3) is 2.95. The molecule has 2 aromatic heterocycles. The molecule has 0 atom stereocenters. The number of nitrogens with one attached hydrogen (secondary N) is 2. The lowest BCUT2D eigenvalue weighted by molar-refractivity contribution is 0.311. The van der Waals surface area contributed by atoms with Gasteiger partial charge in [-0.15, -0.1) is 0 Å². The average Bonchev–Trinajstić information content (AvgIpc) is 3.11. The smallest absolute Gasteiger partial charge is 0.143 e. The van der Waals surface area contributed by atoms with Gasteiger partial charge in [-0.05, 0) is 41.5 Å². The zero-order valence-corrected chi connectivity index (χ0v) is 14.5. The molecule has 0 radical (unpaired) electrons. The highest BCUT2D eigenvalue weighted by Crippen LogP contribution is 2.34. The fraction of sp³-hybridized carbons (Fsp3) is 0.200. The van der Waals surface area contributed by atoms with E-state index in [0.29, 0.717) is 19.0 Å². The van der Waals surface area contributed by atoms with Crippen LogP contribution in [0.25, 0.3) is 32.9 Å². The summed E-state index contributed by atoms with van der Waals surface area (Å²) in [6.07, 6.45) is 3.46. The van der Waals surface area contributed by atoms with Crippen LogP contribution in [0.3, 0.4) is 0 Å². The van der Waals surface area contributed by atoms with Crippen LogP contribution in [-0.4, -0.2) is 39.8 Å². The summed E-state index contributed by atoms with van der Waals surface area (Å²) in [7, 11) is 0. The van der Waals surface area contributed by atoms with Gasteiger partial charge in [-0.25, -0.2) is 9.97 Å². The molecule has 0 saturated heterocycles. The molecule has 0 spiro atoms. The van der Waals surface area contributed by atoms with E-state index in [2.05, 4.69) is 50.6 Å². The molecule has 26 heavy (non-hydrogen) atoms. The maximum absolute atomic E-state index is 9.09. The van der Waals surface area contributed by atoms with E-state index in [1.807, 2.05) is 19.2 Å². The molecule has 3 N–H and O–H groups in total. The Bertz CT molecular complexity index is 1060. The molecule has 0 amide bonds. The van der Waals surface area contributed by atoms with Crippen molar-refractivity contribution in [3.05, 3.63) is 48.9 Å². The van der Waals surface area contributed by atoms with Crippen molar-refractivity contribution in [1.29, 1.82) is 0 Å². The standard InChI is InChI=1S/C20H20N4O2/c1-2-26-16-6-5-13-9-15(4-3-14(13)10-16)17-11-22-20-18(17)19(21-7-8-25)23-12-24-20/h3-6,9-12,25H,2,7-8H2,1H3,(H2,21,22,23,24). The molecule has 0 saturated carbocycles. The van der Waals surface area contributed by atoms with Gasteiger partial charge in [0, 0.05) is 18.3 Å². The number of hydrogen-bond acceptors (Lipinski definition) is 5. The predicted octanol–water partition coefficient (Wildman–Crippen LogP) is 3.58. The SMILES string of the molecule is CCOc1ccc2cc(-c3c[nH]c4ncnc(NCCO)c34)ccc2c1. The number of ether oxygens (including phenoxy) is 1. The zero-order valence-electron chi connectivity index (χ0n) is 14.5. The molecule has 0 aliphatic carbocycles. The Morgan fingerprint density at radius 2 is 1.96 bits per heavy atom. The third-order valence-corrected chi connectivity index (χ3v) is 4.31. The van der Waals surface area contributed by atoms with Gasteiger partial charge in [-0.1, -0.05) is 18.2 Å². The fourth-order valence-electron chi connectivity index (χ4n) is 3.15. The number of aromatic amines is 1. The lowest BCUT2D eigenvalue weighted by Gasteiger charge is -2.08. The van der Waals surface area contributed by atoms with E-state index in [1.165, 1.54) is 6.33 Å². The van der Waals surface area contributed by atoms with Gasteiger partial charge in [0.15, 0.2) is 0 Å². The second-order valence-electron chi connectivity index (χ2n) is 5.96. The number of hydrogen-bond donors (Lipinski definition) is 3. The van der Waals surface area contributed by atoms with Crippen LogP contribution in [0.4, 0.5) is 5.82 Å². The van der Waals surface area contributed by atoms with Crippen molar-refractivity contribution in [2.24, 2.45) is 0 Å². The topological polar surface area (TPSA) is 83.1 Å². The van der Waals surface area contributed by atoms with E-state index in [1.54, 1.807) is 0 Å². The molecule has 2 aromatic carbocycles. The molecular weight excluding hydrogens is 328 g/mol. The number of aliphatic hydroxyl groups excluding tert-OH is 1. The van der Waals surface area contributed by atoms with Crippen molar-refractivity contribution in [2.45, 2.75) is 6.92 Å². The molecule has 4 rings (SSSR count). The van der Waals surface area contributed by atoms with Crippen LogP contribution < -0.4 is 10.1 Å². The third-order valence-electron chi connectivity index (χ3n) is 4.31. The highest BCUT2D eigenvalue weighted by Gasteiger charge is 2.13. The maximum Gasteiger partial charge on any atom is 0.143 e. The fourth-order valence-corrected chi connectivity index (χ4v) is 3.15. The molecular formula is C20H20N4O2. The minimum Gasteiger partial charge on any atom is -0.494 e. The van der Waals surface area contributed by atoms with Gasteiger partial charge in [0.25, 0.3) is 0 Å². The molecule has 0 unspecified atom stereocenters. The maximum atomic E-state index is 9.09. The van der Waals surface area contributed by atoms with Gasteiger partial charge in [0.05, 0.1) is 18.6 Å². The summed E-state index contributed by atoms with van der Waals surface area (Å²) < 4.78 is 5.58. The normalized spacial score (nSPS) is 11.2. The van der Waals surface area contributed by atoms with Crippen molar-refractivity contribution >= 4 is 27.6 Å². The lowest BCUT2D eigenvalue weighted by Crippen LogP contribution is -2.07. The van der Waals surface area contributed by atoms with Crippen molar-refractivity contribution in [2.75, 3.05) is 25.1 Å². The molecule has 0 aliphatic rings. The molecule has 0 fully saturated rings. The van der Waals surface area contributed by atoms with Crippen molar-refractivity contribution in [1.82, 2.24) is 15.0 Å². The summed E-state index contributed by atoms with van der Waals surface area (Å²) in [6.45, 7) is 3.12. The van der Waals surface area contributed by atoms with Gasteiger partial charge < -0.3 is 20.1 Å². The van der Waals surface area contributed by atoms with Crippen LogP contribution in [0.5, 0.6) is 5.75 Å². The Hall–Kier alpha value is -3.12. The molecule has 6 heteroatoms. The number of aliphatic hydroxyl groups is 1. The molecule has 6 nitrogen and oxygen atoms in total. The van der Waals surface area contributed by atoms with Crippen molar-refractivity contribution in [3.63, 3.8) is 0 Å². The molecule has 2 heterocycles. The van der Waals surface area contributed by atoms with Crippen LogP contribution >= 0.6 is 0 Å². The summed E-state index contributed by atoms with van der Waals surface area (Å²) in [6, 6.07) is 12.4. The Morgan fingerprint density at radius 1 is 1.12 bits per heavy atom. The van der Waals surface area contributed by atoms with Gasteiger partial charge >= 0.3 is 0 Å². The Balaban J connectivity index is 1.80. The van der Waals surface area contributed by atoms with Crippen LogP contribution in [0.1, 0.15) is 6.92 Å². The minimum atomic E-state index is 0.0450. The highest BCUT2D eigenvalue weighted by atomic mass is 16.5. The minimum absolute atomic E-state index is 0.0450. The summed E-state index contributed by atoms with van der Waals surface area (Å²) >= 11 is 0. The largest absolute Gasteiger partial charge is 0.494 e. The Kier molecular flexibility index (Phi) is 4.41. The number of benzene rings is 2. The summed E-state index contributed by atoms with van der Waals surface area (Å²) in [5, 5.41) is 15.4. The Morgan fingerprint density at radius 3 is 2.81 bits per heavy atom. The van der Waals surface area contributed by atoms with Crippen molar-refractivity contribution in [3.8, 4) is 16.9 Å². The highest BCUT2D eigenvalue weighted by molar-refractivity contribution is 6.02. The zero-order chi connectivity index (χ0) is 17.9. The van der Waals surface area contributed by atoms with Gasteiger partial charge in [0.1, 0.15) is 23.5 Å². The lowest BCUT2D eigenvalue weighted by atomic mass is 10.0. The average molecular weight is 348 g/mol. The summed E-state index contributed by atoms with van der Waals surface area (Å²) in [5.41, 5.74) is 2.87. The molecule has 4 aromatic rings. The van der Waals surface area contributed by atoms with E-state index in [-0.39, 0.29) is 6.61 Å². The van der Waals surface area contributed by atoms with Crippen LogP contribution in [0.15, 0.2) is 48.9 Å². The molecule has 132 valence electrons. The van der Waals surface area contributed by atoms with Gasteiger partial charge in [0.2, 0.25) is 0 Å². The second-order valence-corrected chi connectivity index (χ2v) is 5.96. The monoisotopic (exact) mass is 348 g/mol. The number of nitrogens with zero attached hydrogens (tertiary/aromatic N) is 2. The first kappa shape index (κ1) is 16.4. The van der Waals surface area contributed by atoms with Crippen molar-refractivity contribution < 1.29 is 9.84 Å². The number of rotatable bonds is 6. The number of anilines is 1. The number of aromatic nitrogens is 3. The van der Waals surface area contributed by atoms with Gasteiger partial charge in [-0.3, -0.25) is 0 Å². The van der Waals surface area contributed by atoms with E-state index < -0.39 is 0 Å². The van der Waals surface area contributed by atoms with E-state index in [4.69, 9.17) is 9.84 Å². The van der Waals surface area contributed by atoms with Crippen LogP contribution in [-0.2, 0) is 0 Å². The first-order valence-corrected chi connectivity index (χ1v) is 8.64. The van der Waals surface area contributed by atoms with Gasteiger partial charge in [-0.2, -0.15) is 0 Å². The number of fused-ring (bicyclic) bond motifs is 2. The predicted molar refractivity (Wildman–Crippen MR) is 104 cm³/mol. The Labute approximate surface area is 150 Å². The number of H-pyrrole nitrogens is 1. The van der Waals surface area contributed by atoms with Crippen LogP contribution in [0.2, 0.25) is 0 Å². The summed E-state index contributed by atoms with van der Waals surface area (Å²) in [5.74, 6) is 1.59. The first-order valence-electron chi connectivity index (χ1n) is 8.64. The second kappa shape index (κ2) is 7.01. The van der Waals surface area contributed by atoms with E-state index >= 15 is 0 Å². The molecule has 0 bridgehead atoms. The van der Waals surface area contributed by atoms with Crippen LogP contribution in [0, 0.1) is 0 Å². The van der Waals surface area contributed by atoms with E-state index in [9.17, 15) is 0 Å². The molecule has 0 aliphatic heterocycles. The summed E-state index contributed by atoms with van der Waals surface area (Å²) in [4.78, 5) is 11.8. The van der Waals surface area contributed by atoms with E-state index in [0.717, 1.165) is 38.7 Å².